The van der Waals surface area contributed by atoms with Gasteiger partial charge in [0.1, 0.15) is 0 Å². The molecule has 6 nitrogen and oxygen atoms in total. The van der Waals surface area contributed by atoms with Gasteiger partial charge in [-0.05, 0) is 23.6 Å². The highest BCUT2D eigenvalue weighted by molar-refractivity contribution is 7.99. The van der Waals surface area contributed by atoms with E-state index in [1.54, 1.807) is 23.1 Å². The van der Waals surface area contributed by atoms with Gasteiger partial charge in [0.15, 0.2) is 5.82 Å². The molecule has 0 saturated carbocycles. The minimum absolute atomic E-state index is 0.198. The number of nitrogens with zero attached hydrogens (tertiary/aromatic N) is 4. The fourth-order valence-corrected chi connectivity index (χ4v) is 4.96. The Morgan fingerprint density at radius 2 is 2.00 bits per heavy atom. The first kappa shape index (κ1) is 20.4. The van der Waals surface area contributed by atoms with E-state index in [9.17, 15) is 4.79 Å². The summed E-state index contributed by atoms with van der Waals surface area (Å²) >= 11 is 9.37. The Balaban J connectivity index is 1.20. The lowest BCUT2D eigenvalue weighted by atomic mass is 10.3. The van der Waals surface area contributed by atoms with Crippen LogP contribution in [0.15, 0.2) is 51.2 Å². The first-order valence-electron chi connectivity index (χ1n) is 9.43. The maximum Gasteiger partial charge on any atom is 0.268 e. The summed E-state index contributed by atoms with van der Waals surface area (Å²) in [5, 5.41) is 6.81. The Hall–Kier alpha value is -1.87. The molecule has 1 aliphatic heterocycles. The van der Waals surface area contributed by atoms with E-state index in [4.69, 9.17) is 16.1 Å². The van der Waals surface area contributed by atoms with Crippen LogP contribution in [-0.4, -0.2) is 57.8 Å². The Morgan fingerprint density at radius 1 is 1.17 bits per heavy atom. The van der Waals surface area contributed by atoms with E-state index in [1.165, 1.54) is 0 Å². The van der Waals surface area contributed by atoms with E-state index in [0.29, 0.717) is 24.7 Å². The molecule has 1 aromatic carbocycles. The van der Waals surface area contributed by atoms with Crippen molar-refractivity contribution in [2.24, 2.45) is 0 Å². The molecule has 152 valence electrons. The lowest BCUT2D eigenvalue weighted by Crippen LogP contribution is -2.48. The quantitative estimate of drug-likeness (QED) is 0.503. The summed E-state index contributed by atoms with van der Waals surface area (Å²) in [4.78, 5) is 23.2. The third-order valence-corrected chi connectivity index (χ3v) is 7.07. The molecule has 0 N–H and O–H groups in total. The largest absolute Gasteiger partial charge is 0.340 e. The van der Waals surface area contributed by atoms with Gasteiger partial charge in [0, 0.05) is 43.2 Å². The van der Waals surface area contributed by atoms with Gasteiger partial charge in [-0.15, -0.1) is 23.1 Å². The zero-order chi connectivity index (χ0) is 20.1. The van der Waals surface area contributed by atoms with Crippen molar-refractivity contribution in [2.75, 3.05) is 31.9 Å². The number of halogens is 1. The van der Waals surface area contributed by atoms with Gasteiger partial charge >= 0.3 is 0 Å². The van der Waals surface area contributed by atoms with Crippen molar-refractivity contribution in [3.05, 3.63) is 52.6 Å². The molecule has 1 saturated heterocycles. The molecule has 0 atom stereocenters. The molecule has 3 heterocycles. The molecule has 4 rings (SSSR count). The van der Waals surface area contributed by atoms with Gasteiger partial charge in [0.2, 0.25) is 5.91 Å². The van der Waals surface area contributed by atoms with Gasteiger partial charge in [-0.25, -0.2) is 0 Å². The summed E-state index contributed by atoms with van der Waals surface area (Å²) in [6.45, 7) is 3.72. The van der Waals surface area contributed by atoms with E-state index in [0.717, 1.165) is 46.7 Å². The van der Waals surface area contributed by atoms with Crippen LogP contribution in [0.2, 0.25) is 5.02 Å². The second-order valence-electron chi connectivity index (χ2n) is 6.68. The zero-order valence-electron chi connectivity index (χ0n) is 15.8. The molecule has 1 amide bonds. The molecule has 3 aromatic rings. The van der Waals surface area contributed by atoms with E-state index in [-0.39, 0.29) is 5.91 Å². The number of piperazine rings is 1. The highest BCUT2D eigenvalue weighted by atomic mass is 35.5. The molecule has 2 aromatic heterocycles. The number of carbonyl (C=O) groups is 1. The molecule has 9 heteroatoms. The average Bonchev–Trinajstić information content (AvgIpc) is 3.42. The predicted octanol–water partition coefficient (Wildman–Crippen LogP) is 4.28. The Kier molecular flexibility index (Phi) is 6.86. The van der Waals surface area contributed by atoms with Crippen molar-refractivity contribution in [3.63, 3.8) is 0 Å². The smallest absolute Gasteiger partial charge is 0.268 e. The number of hydrogen-bond donors (Lipinski definition) is 0. The van der Waals surface area contributed by atoms with Crippen LogP contribution in [0.3, 0.4) is 0 Å². The average molecular weight is 449 g/mol. The third kappa shape index (κ3) is 5.39. The SMILES string of the molecule is O=C(CCSc1ccccc1Cl)N1CCN(Cc2noc(-c3cccs3)n2)CC1. The number of thioether (sulfide) groups is 1. The van der Waals surface area contributed by atoms with Crippen molar-refractivity contribution in [1.82, 2.24) is 19.9 Å². The number of carbonyl (C=O) groups excluding carboxylic acids is 1. The predicted molar refractivity (Wildman–Crippen MR) is 116 cm³/mol. The van der Waals surface area contributed by atoms with Crippen LogP contribution in [0.25, 0.3) is 10.8 Å². The number of hydrogen-bond acceptors (Lipinski definition) is 7. The fraction of sp³-hybridized carbons (Fsp3) is 0.350. The highest BCUT2D eigenvalue weighted by Gasteiger charge is 2.22. The van der Waals surface area contributed by atoms with Crippen LogP contribution in [0.4, 0.5) is 0 Å². The number of benzene rings is 1. The number of amides is 1. The summed E-state index contributed by atoms with van der Waals surface area (Å²) < 4.78 is 5.35. The topological polar surface area (TPSA) is 62.5 Å². The van der Waals surface area contributed by atoms with E-state index >= 15 is 0 Å². The third-order valence-electron chi connectivity index (χ3n) is 4.70. The van der Waals surface area contributed by atoms with Crippen LogP contribution in [0.1, 0.15) is 12.2 Å². The molecule has 0 radical (unpaired) electrons. The van der Waals surface area contributed by atoms with Gasteiger partial charge in [-0.1, -0.05) is 35.0 Å². The monoisotopic (exact) mass is 448 g/mol. The highest BCUT2D eigenvalue weighted by Crippen LogP contribution is 2.27. The van der Waals surface area contributed by atoms with Gasteiger partial charge < -0.3 is 9.42 Å². The number of thiophene rings is 1. The number of rotatable bonds is 7. The summed E-state index contributed by atoms with van der Waals surface area (Å²) in [6.07, 6.45) is 0.519. The second kappa shape index (κ2) is 9.75. The van der Waals surface area contributed by atoms with E-state index in [1.807, 2.05) is 46.7 Å². The van der Waals surface area contributed by atoms with Crippen molar-refractivity contribution >= 4 is 40.6 Å². The number of aromatic nitrogens is 2. The summed E-state index contributed by atoms with van der Waals surface area (Å²) in [7, 11) is 0. The van der Waals surface area contributed by atoms with E-state index < -0.39 is 0 Å². The first-order chi connectivity index (χ1) is 14.2. The minimum atomic E-state index is 0.198. The van der Waals surface area contributed by atoms with Gasteiger partial charge in [0.25, 0.3) is 5.89 Å². The molecule has 29 heavy (non-hydrogen) atoms. The molecule has 0 spiro atoms. The summed E-state index contributed by atoms with van der Waals surface area (Å²) in [5.41, 5.74) is 0. The molecule has 0 unspecified atom stereocenters. The van der Waals surface area contributed by atoms with Crippen molar-refractivity contribution in [2.45, 2.75) is 17.9 Å². The standard InChI is InChI=1S/C20H21ClN4O2S2/c21-15-4-1-2-5-16(15)29-13-7-19(26)25-10-8-24(9-11-25)14-18-22-20(27-23-18)17-6-3-12-28-17/h1-6,12H,7-11,13-14H2. The second-order valence-corrected chi connectivity index (χ2v) is 9.17. The van der Waals surface area contributed by atoms with Crippen LogP contribution in [0, 0.1) is 0 Å². The zero-order valence-corrected chi connectivity index (χ0v) is 18.2. The molecule has 0 bridgehead atoms. The summed E-state index contributed by atoms with van der Waals surface area (Å²) in [5.74, 6) is 2.19. The Bertz CT molecular complexity index is 940. The van der Waals surface area contributed by atoms with Crippen LogP contribution in [-0.2, 0) is 11.3 Å². The van der Waals surface area contributed by atoms with Crippen molar-refractivity contribution in [1.29, 1.82) is 0 Å². The Morgan fingerprint density at radius 3 is 2.76 bits per heavy atom. The molecular weight excluding hydrogens is 428 g/mol. The van der Waals surface area contributed by atoms with Gasteiger partial charge in [-0.2, -0.15) is 4.98 Å². The molecule has 1 aliphatic rings. The lowest BCUT2D eigenvalue weighted by Gasteiger charge is -2.34. The van der Waals surface area contributed by atoms with Crippen LogP contribution < -0.4 is 0 Å². The maximum absolute atomic E-state index is 12.5. The van der Waals surface area contributed by atoms with Crippen molar-refractivity contribution < 1.29 is 9.32 Å². The lowest BCUT2D eigenvalue weighted by molar-refractivity contribution is -0.132. The molecule has 0 aliphatic carbocycles. The van der Waals surface area contributed by atoms with Crippen molar-refractivity contribution in [3.8, 4) is 10.8 Å². The van der Waals surface area contributed by atoms with Crippen LogP contribution >= 0.6 is 34.7 Å². The van der Waals surface area contributed by atoms with Gasteiger partial charge in [0.05, 0.1) is 16.4 Å². The maximum atomic E-state index is 12.5. The van der Waals surface area contributed by atoms with Crippen LogP contribution in [0.5, 0.6) is 0 Å². The van der Waals surface area contributed by atoms with E-state index in [2.05, 4.69) is 15.0 Å². The molecule has 1 fully saturated rings. The van der Waals surface area contributed by atoms with Gasteiger partial charge in [-0.3, -0.25) is 9.69 Å². The normalized spacial score (nSPS) is 15.0. The first-order valence-corrected chi connectivity index (χ1v) is 11.7. The summed E-state index contributed by atoms with van der Waals surface area (Å²) in [6, 6.07) is 11.7. The minimum Gasteiger partial charge on any atom is -0.340 e. The fourth-order valence-electron chi connectivity index (χ4n) is 3.14. The molecular formula is C20H21ClN4O2S2. The Labute approximate surface area is 182 Å².